The SMILES string of the molecule is Cc1c(CN)cccc1-c1ccc2nc(N3CCNCC3)c(Cl)cc2c1.Cl.Cl. The van der Waals surface area contributed by atoms with Crippen molar-refractivity contribution in [2.24, 2.45) is 5.73 Å². The number of piperazine rings is 1. The van der Waals surface area contributed by atoms with Gasteiger partial charge in [-0.3, -0.25) is 0 Å². The molecular weight excluding hydrogens is 415 g/mol. The fourth-order valence-electron chi connectivity index (χ4n) is 3.62. The predicted molar refractivity (Wildman–Crippen MR) is 124 cm³/mol. The van der Waals surface area contributed by atoms with Crippen LogP contribution in [0.1, 0.15) is 11.1 Å². The first-order valence-corrected chi connectivity index (χ1v) is 9.40. The number of pyridine rings is 1. The molecule has 0 unspecified atom stereocenters. The first-order valence-electron chi connectivity index (χ1n) is 9.02. The zero-order valence-electron chi connectivity index (χ0n) is 15.7. The monoisotopic (exact) mass is 438 g/mol. The molecule has 28 heavy (non-hydrogen) atoms. The lowest BCUT2D eigenvalue weighted by Crippen LogP contribution is -2.44. The van der Waals surface area contributed by atoms with Gasteiger partial charge in [0.05, 0.1) is 10.5 Å². The molecule has 2 heterocycles. The maximum atomic E-state index is 6.57. The molecule has 0 radical (unpaired) electrons. The minimum Gasteiger partial charge on any atom is -0.353 e. The van der Waals surface area contributed by atoms with Gasteiger partial charge in [-0.25, -0.2) is 4.98 Å². The Balaban J connectivity index is 0.00000140. The Kier molecular flexibility index (Phi) is 7.93. The summed E-state index contributed by atoms with van der Waals surface area (Å²) in [6, 6.07) is 14.7. The van der Waals surface area contributed by atoms with Crippen LogP contribution in [0, 0.1) is 6.92 Å². The van der Waals surface area contributed by atoms with Crippen molar-refractivity contribution in [3.05, 3.63) is 58.6 Å². The summed E-state index contributed by atoms with van der Waals surface area (Å²) < 4.78 is 0. The maximum absolute atomic E-state index is 6.57. The van der Waals surface area contributed by atoms with E-state index in [0.29, 0.717) is 11.6 Å². The highest BCUT2D eigenvalue weighted by Crippen LogP contribution is 2.32. The zero-order valence-corrected chi connectivity index (χ0v) is 18.1. The Bertz CT molecular complexity index is 956. The summed E-state index contributed by atoms with van der Waals surface area (Å²) in [5, 5.41) is 5.13. The minimum absolute atomic E-state index is 0. The van der Waals surface area contributed by atoms with Crippen LogP contribution < -0.4 is 16.0 Å². The molecule has 0 amide bonds. The lowest BCUT2D eigenvalue weighted by molar-refractivity contribution is 0.585. The van der Waals surface area contributed by atoms with E-state index in [1.807, 2.05) is 6.07 Å². The van der Waals surface area contributed by atoms with E-state index in [2.05, 4.69) is 53.5 Å². The van der Waals surface area contributed by atoms with E-state index in [-0.39, 0.29) is 24.8 Å². The van der Waals surface area contributed by atoms with Crippen LogP contribution in [0.25, 0.3) is 22.0 Å². The van der Waals surface area contributed by atoms with Crippen LogP contribution in [0.2, 0.25) is 5.02 Å². The molecule has 3 aromatic rings. The van der Waals surface area contributed by atoms with Gasteiger partial charge in [-0.2, -0.15) is 0 Å². The summed E-state index contributed by atoms with van der Waals surface area (Å²) in [6.07, 6.45) is 0. The van der Waals surface area contributed by atoms with Crippen LogP contribution in [0.4, 0.5) is 5.82 Å². The van der Waals surface area contributed by atoms with E-state index in [9.17, 15) is 0 Å². The fraction of sp³-hybridized carbons (Fsp3) is 0.286. The number of fused-ring (bicyclic) bond motifs is 1. The maximum Gasteiger partial charge on any atom is 0.148 e. The summed E-state index contributed by atoms with van der Waals surface area (Å²) in [6.45, 7) is 6.47. The molecule has 0 atom stereocenters. The van der Waals surface area contributed by atoms with Gasteiger partial charge < -0.3 is 16.0 Å². The lowest BCUT2D eigenvalue weighted by Gasteiger charge is -2.29. The van der Waals surface area contributed by atoms with Crippen molar-refractivity contribution in [3.8, 4) is 11.1 Å². The highest BCUT2D eigenvalue weighted by atomic mass is 35.5. The summed E-state index contributed by atoms with van der Waals surface area (Å²) in [5.41, 5.74) is 11.6. The van der Waals surface area contributed by atoms with Crippen LogP contribution in [-0.2, 0) is 6.54 Å². The van der Waals surface area contributed by atoms with Gasteiger partial charge in [0.2, 0.25) is 0 Å². The van der Waals surface area contributed by atoms with Crippen molar-refractivity contribution in [2.75, 3.05) is 31.1 Å². The van der Waals surface area contributed by atoms with Gasteiger partial charge >= 0.3 is 0 Å². The molecule has 0 spiro atoms. The summed E-state index contributed by atoms with van der Waals surface area (Å²) in [5.74, 6) is 0.884. The molecule has 0 bridgehead atoms. The molecule has 1 saturated heterocycles. The number of anilines is 1. The zero-order chi connectivity index (χ0) is 18.1. The Labute approximate surface area is 183 Å². The Morgan fingerprint density at radius 3 is 2.57 bits per heavy atom. The van der Waals surface area contributed by atoms with Gasteiger partial charge in [0.25, 0.3) is 0 Å². The smallest absolute Gasteiger partial charge is 0.148 e. The third kappa shape index (κ3) is 4.37. The molecular formula is C21H25Cl3N4. The molecule has 4 nitrogen and oxygen atoms in total. The molecule has 4 rings (SSSR count). The van der Waals surface area contributed by atoms with Crippen molar-refractivity contribution in [3.63, 3.8) is 0 Å². The highest BCUT2D eigenvalue weighted by molar-refractivity contribution is 6.33. The third-order valence-electron chi connectivity index (χ3n) is 5.14. The van der Waals surface area contributed by atoms with Crippen molar-refractivity contribution in [1.82, 2.24) is 10.3 Å². The second kappa shape index (κ2) is 9.77. The molecule has 7 heteroatoms. The third-order valence-corrected chi connectivity index (χ3v) is 5.42. The van der Waals surface area contributed by atoms with E-state index in [4.69, 9.17) is 22.3 Å². The van der Waals surface area contributed by atoms with Gasteiger partial charge in [0, 0.05) is 38.1 Å². The molecule has 1 aliphatic heterocycles. The van der Waals surface area contributed by atoms with Gasteiger partial charge in [0.1, 0.15) is 5.82 Å². The van der Waals surface area contributed by atoms with Crippen LogP contribution in [0.3, 0.4) is 0 Å². The van der Waals surface area contributed by atoms with Gasteiger partial charge in [-0.05, 0) is 47.4 Å². The second-order valence-electron chi connectivity index (χ2n) is 6.73. The van der Waals surface area contributed by atoms with Gasteiger partial charge in [-0.15, -0.1) is 24.8 Å². The summed E-state index contributed by atoms with van der Waals surface area (Å²) in [4.78, 5) is 7.09. The molecule has 3 N–H and O–H groups in total. The number of nitrogens with zero attached hydrogens (tertiary/aromatic N) is 2. The minimum atomic E-state index is 0. The van der Waals surface area contributed by atoms with Gasteiger partial charge in [-0.1, -0.05) is 35.9 Å². The number of hydrogen-bond acceptors (Lipinski definition) is 4. The molecule has 0 aliphatic carbocycles. The molecule has 2 aromatic carbocycles. The van der Waals surface area contributed by atoms with Crippen LogP contribution in [0.5, 0.6) is 0 Å². The Hall–Kier alpha value is -1.56. The van der Waals surface area contributed by atoms with Crippen LogP contribution in [-0.4, -0.2) is 31.2 Å². The number of nitrogens with one attached hydrogen (secondary N) is 1. The fourth-order valence-corrected chi connectivity index (χ4v) is 3.90. The van der Waals surface area contributed by atoms with E-state index < -0.39 is 0 Å². The molecule has 1 aromatic heterocycles. The van der Waals surface area contributed by atoms with E-state index in [1.165, 1.54) is 16.7 Å². The first-order chi connectivity index (χ1) is 12.7. The Morgan fingerprint density at radius 2 is 1.86 bits per heavy atom. The number of aromatic nitrogens is 1. The lowest BCUT2D eigenvalue weighted by atomic mass is 9.95. The number of nitrogens with two attached hydrogens (primary N) is 1. The van der Waals surface area contributed by atoms with Crippen LogP contribution in [0.15, 0.2) is 42.5 Å². The van der Waals surface area contributed by atoms with Crippen molar-refractivity contribution < 1.29 is 0 Å². The number of benzene rings is 2. The second-order valence-corrected chi connectivity index (χ2v) is 7.14. The topological polar surface area (TPSA) is 54.2 Å². The quantitative estimate of drug-likeness (QED) is 0.627. The number of hydrogen-bond donors (Lipinski definition) is 2. The largest absolute Gasteiger partial charge is 0.353 e. The normalized spacial score (nSPS) is 13.8. The van der Waals surface area contributed by atoms with Crippen molar-refractivity contribution >= 4 is 53.1 Å². The Morgan fingerprint density at radius 1 is 1.11 bits per heavy atom. The highest BCUT2D eigenvalue weighted by Gasteiger charge is 2.16. The number of rotatable bonds is 3. The molecule has 1 aliphatic rings. The molecule has 150 valence electrons. The van der Waals surface area contributed by atoms with Crippen molar-refractivity contribution in [2.45, 2.75) is 13.5 Å². The average Bonchev–Trinajstić information content (AvgIpc) is 2.68. The van der Waals surface area contributed by atoms with E-state index in [1.54, 1.807) is 0 Å². The van der Waals surface area contributed by atoms with Crippen molar-refractivity contribution in [1.29, 1.82) is 0 Å². The molecule has 0 saturated carbocycles. The number of halogens is 3. The van der Waals surface area contributed by atoms with E-state index in [0.717, 1.165) is 48.5 Å². The van der Waals surface area contributed by atoms with Crippen LogP contribution >= 0.6 is 36.4 Å². The standard InChI is InChI=1S/C21H23ClN4.2ClH/c1-14-16(13-23)3-2-4-18(14)15-5-6-20-17(11-15)12-19(22)21(25-20)26-9-7-24-8-10-26;;/h2-6,11-12,24H,7-10,13,23H2,1H3;2*1H. The first kappa shape index (κ1) is 22.7. The molecule has 1 fully saturated rings. The predicted octanol–water partition coefficient (Wildman–Crippen LogP) is 4.58. The average molecular weight is 440 g/mol. The summed E-state index contributed by atoms with van der Waals surface area (Å²) >= 11 is 6.57. The summed E-state index contributed by atoms with van der Waals surface area (Å²) in [7, 11) is 0. The van der Waals surface area contributed by atoms with Gasteiger partial charge in [0.15, 0.2) is 0 Å². The van der Waals surface area contributed by atoms with E-state index >= 15 is 0 Å².